The van der Waals surface area contributed by atoms with Gasteiger partial charge in [-0.25, -0.2) is 9.59 Å². The smallest absolute Gasteiger partial charge is 0.323 e. The van der Waals surface area contributed by atoms with Gasteiger partial charge in [0.15, 0.2) is 5.76 Å². The third-order valence-electron chi connectivity index (χ3n) is 3.80. The summed E-state index contributed by atoms with van der Waals surface area (Å²) in [4.78, 5) is 34.9. The van der Waals surface area contributed by atoms with Gasteiger partial charge in [0, 0.05) is 23.6 Å². The van der Waals surface area contributed by atoms with E-state index >= 15 is 0 Å². The minimum Gasteiger partial charge on any atom is -0.459 e. The van der Waals surface area contributed by atoms with E-state index in [1.54, 1.807) is 60.7 Å². The number of carbonyl (C=O) groups excluding carboxylic acids is 3. The van der Waals surface area contributed by atoms with Gasteiger partial charge >= 0.3 is 12.1 Å². The molecule has 9 nitrogen and oxygen atoms in total. The number of anilines is 3. The third kappa shape index (κ3) is 5.86. The number of primary amides is 1. The van der Waals surface area contributed by atoms with Gasteiger partial charge in [0.2, 0.25) is 0 Å². The summed E-state index contributed by atoms with van der Waals surface area (Å²) in [6, 6.07) is 15.8. The Kier molecular flexibility index (Phi) is 6.11. The summed E-state index contributed by atoms with van der Waals surface area (Å²) >= 11 is 0. The van der Waals surface area contributed by atoms with Crippen LogP contribution in [0.2, 0.25) is 0 Å². The molecule has 1 heterocycles. The summed E-state index contributed by atoms with van der Waals surface area (Å²) in [5.41, 5.74) is 7.46. The normalized spacial score (nSPS) is 10.1. The van der Waals surface area contributed by atoms with Crippen LogP contribution in [0.3, 0.4) is 0 Å². The van der Waals surface area contributed by atoms with E-state index in [0.717, 1.165) is 5.56 Å². The van der Waals surface area contributed by atoms with Crippen molar-refractivity contribution in [2.24, 2.45) is 5.73 Å². The van der Waals surface area contributed by atoms with Crippen LogP contribution >= 0.6 is 0 Å². The Morgan fingerprint density at radius 2 is 1.52 bits per heavy atom. The van der Waals surface area contributed by atoms with E-state index in [1.165, 1.54) is 6.26 Å². The molecule has 5 amide bonds. The first-order chi connectivity index (χ1) is 14.0. The fourth-order valence-electron chi connectivity index (χ4n) is 2.46. The van der Waals surface area contributed by atoms with Crippen molar-refractivity contribution >= 4 is 35.0 Å². The summed E-state index contributed by atoms with van der Waals surface area (Å²) in [5, 5.41) is 10.6. The van der Waals surface area contributed by atoms with Crippen LogP contribution in [0.1, 0.15) is 16.1 Å². The number of hydrogen-bond donors (Lipinski definition) is 5. The SMILES string of the molecule is NC(=O)NCc1ccc(NC(=O)Nc2cccc(NC(=O)c3ccco3)c2)cc1. The standard InChI is InChI=1S/C20H19N5O4/c21-19(27)22-12-13-6-8-14(9-7-13)24-20(28)25-16-4-1-3-15(11-16)23-18(26)17-5-2-10-29-17/h1-11H,12H2,(H,23,26)(H3,21,22,27)(H2,24,25,28). The van der Waals surface area contributed by atoms with E-state index in [9.17, 15) is 14.4 Å². The first-order valence-corrected chi connectivity index (χ1v) is 8.65. The molecule has 9 heteroatoms. The quantitative estimate of drug-likeness (QED) is 0.438. The maximum atomic E-state index is 12.2. The van der Waals surface area contributed by atoms with Gasteiger partial charge in [-0.15, -0.1) is 0 Å². The predicted molar refractivity (Wildman–Crippen MR) is 109 cm³/mol. The highest BCUT2D eigenvalue weighted by atomic mass is 16.3. The lowest BCUT2D eigenvalue weighted by Crippen LogP contribution is -2.28. The molecule has 0 atom stereocenters. The van der Waals surface area contributed by atoms with Crippen molar-refractivity contribution in [3.8, 4) is 0 Å². The Balaban J connectivity index is 1.55. The van der Waals surface area contributed by atoms with Crippen molar-refractivity contribution in [1.82, 2.24) is 5.32 Å². The molecule has 0 saturated heterocycles. The lowest BCUT2D eigenvalue weighted by atomic mass is 10.2. The monoisotopic (exact) mass is 393 g/mol. The molecule has 29 heavy (non-hydrogen) atoms. The van der Waals surface area contributed by atoms with Gasteiger partial charge in [-0.1, -0.05) is 18.2 Å². The molecule has 1 aromatic heterocycles. The second-order valence-corrected chi connectivity index (χ2v) is 6.01. The average molecular weight is 393 g/mol. The highest BCUT2D eigenvalue weighted by Crippen LogP contribution is 2.17. The summed E-state index contributed by atoms with van der Waals surface area (Å²) in [6.07, 6.45) is 1.41. The van der Waals surface area contributed by atoms with Gasteiger partial charge in [-0.2, -0.15) is 0 Å². The van der Waals surface area contributed by atoms with E-state index < -0.39 is 12.1 Å². The molecule has 2 aromatic carbocycles. The molecule has 0 aliphatic rings. The number of benzene rings is 2. The lowest BCUT2D eigenvalue weighted by molar-refractivity contribution is 0.0996. The van der Waals surface area contributed by atoms with Crippen LogP contribution in [-0.4, -0.2) is 18.0 Å². The maximum Gasteiger partial charge on any atom is 0.323 e. The molecule has 0 unspecified atom stereocenters. The van der Waals surface area contributed by atoms with Crippen LogP contribution in [0.5, 0.6) is 0 Å². The Hall–Kier alpha value is -4.27. The van der Waals surface area contributed by atoms with E-state index in [0.29, 0.717) is 23.6 Å². The molecule has 0 aliphatic heterocycles. The number of furan rings is 1. The van der Waals surface area contributed by atoms with Crippen LogP contribution < -0.4 is 27.0 Å². The Bertz CT molecular complexity index is 1000. The second-order valence-electron chi connectivity index (χ2n) is 6.01. The fourth-order valence-corrected chi connectivity index (χ4v) is 2.46. The number of amides is 5. The van der Waals surface area contributed by atoms with Gasteiger partial charge in [0.25, 0.3) is 5.91 Å². The Labute approximate surface area is 166 Å². The first kappa shape index (κ1) is 19.5. The molecular weight excluding hydrogens is 374 g/mol. The predicted octanol–water partition coefficient (Wildman–Crippen LogP) is 3.34. The first-order valence-electron chi connectivity index (χ1n) is 8.65. The van der Waals surface area contributed by atoms with Gasteiger partial charge < -0.3 is 31.4 Å². The van der Waals surface area contributed by atoms with E-state index in [2.05, 4.69) is 21.3 Å². The van der Waals surface area contributed by atoms with Crippen LogP contribution in [0.15, 0.2) is 71.3 Å². The maximum absolute atomic E-state index is 12.2. The van der Waals surface area contributed by atoms with Gasteiger partial charge in [-0.05, 0) is 48.0 Å². The Morgan fingerprint density at radius 3 is 2.17 bits per heavy atom. The van der Waals surface area contributed by atoms with Crippen molar-refractivity contribution in [3.05, 3.63) is 78.3 Å². The molecule has 6 N–H and O–H groups in total. The number of carbonyl (C=O) groups is 3. The zero-order chi connectivity index (χ0) is 20.6. The van der Waals surface area contributed by atoms with E-state index in [1.807, 2.05) is 0 Å². The highest BCUT2D eigenvalue weighted by molar-refractivity contribution is 6.03. The van der Waals surface area contributed by atoms with Gasteiger partial charge in [0.1, 0.15) is 0 Å². The summed E-state index contributed by atoms with van der Waals surface area (Å²) in [7, 11) is 0. The molecule has 0 spiro atoms. The average Bonchev–Trinajstić information content (AvgIpc) is 3.22. The third-order valence-corrected chi connectivity index (χ3v) is 3.80. The van der Waals surface area contributed by atoms with E-state index in [-0.39, 0.29) is 11.7 Å². The molecule has 0 fully saturated rings. The summed E-state index contributed by atoms with van der Waals surface area (Å²) < 4.78 is 5.05. The zero-order valence-corrected chi connectivity index (χ0v) is 15.3. The summed E-state index contributed by atoms with van der Waals surface area (Å²) in [5.74, 6) is -0.196. The number of nitrogens with two attached hydrogens (primary N) is 1. The van der Waals surface area contributed by atoms with Crippen molar-refractivity contribution in [2.75, 3.05) is 16.0 Å². The lowest BCUT2D eigenvalue weighted by Gasteiger charge is -2.10. The fraction of sp³-hybridized carbons (Fsp3) is 0.0500. The van der Waals surface area contributed by atoms with E-state index in [4.69, 9.17) is 10.2 Å². The number of nitrogens with one attached hydrogen (secondary N) is 4. The van der Waals surface area contributed by atoms with Gasteiger partial charge in [0.05, 0.1) is 6.26 Å². The topological polar surface area (TPSA) is 138 Å². The zero-order valence-electron chi connectivity index (χ0n) is 15.3. The molecule has 148 valence electrons. The molecule has 0 saturated carbocycles. The van der Waals surface area contributed by atoms with Gasteiger partial charge in [-0.3, -0.25) is 4.79 Å². The Morgan fingerprint density at radius 1 is 0.828 bits per heavy atom. The molecular formula is C20H19N5O4. The molecule has 0 bridgehead atoms. The van der Waals surface area contributed by atoms with Crippen molar-refractivity contribution in [1.29, 1.82) is 0 Å². The number of rotatable bonds is 6. The van der Waals surface area contributed by atoms with Crippen LogP contribution in [0.25, 0.3) is 0 Å². The van der Waals surface area contributed by atoms with Crippen LogP contribution in [0.4, 0.5) is 26.7 Å². The largest absolute Gasteiger partial charge is 0.459 e. The molecule has 3 rings (SSSR count). The van der Waals surface area contributed by atoms with Crippen LogP contribution in [-0.2, 0) is 6.54 Å². The van der Waals surface area contributed by atoms with Crippen molar-refractivity contribution < 1.29 is 18.8 Å². The van der Waals surface area contributed by atoms with Crippen molar-refractivity contribution in [3.63, 3.8) is 0 Å². The van der Waals surface area contributed by atoms with Crippen LogP contribution in [0, 0.1) is 0 Å². The number of urea groups is 2. The second kappa shape index (κ2) is 9.09. The minimum absolute atomic E-state index is 0.190. The molecule has 0 radical (unpaired) electrons. The number of hydrogen-bond acceptors (Lipinski definition) is 4. The molecule has 3 aromatic rings. The highest BCUT2D eigenvalue weighted by Gasteiger charge is 2.09. The van der Waals surface area contributed by atoms with Crippen molar-refractivity contribution in [2.45, 2.75) is 6.54 Å². The molecule has 0 aliphatic carbocycles. The summed E-state index contributed by atoms with van der Waals surface area (Å²) in [6.45, 7) is 0.304. The minimum atomic E-state index is -0.603.